The van der Waals surface area contributed by atoms with Gasteiger partial charge in [-0.15, -0.1) is 0 Å². The molecular weight excluding hydrogens is 224 g/mol. The Balaban J connectivity index is 2.47. The molecule has 0 saturated heterocycles. The van der Waals surface area contributed by atoms with Crippen molar-refractivity contribution >= 4 is 0 Å². The second-order valence-corrected chi connectivity index (χ2v) is 4.80. The van der Waals surface area contributed by atoms with Gasteiger partial charge in [0.2, 0.25) is 5.82 Å². The van der Waals surface area contributed by atoms with Crippen LogP contribution in [-0.2, 0) is 5.41 Å². The zero-order chi connectivity index (χ0) is 12.5. The van der Waals surface area contributed by atoms with Crippen LogP contribution < -0.4 is 5.73 Å². The molecule has 1 aromatic carbocycles. The molecule has 2 rings (SSSR count). The highest BCUT2D eigenvalue weighted by Gasteiger charge is 2.35. The first-order valence-electron chi connectivity index (χ1n) is 5.98. The van der Waals surface area contributed by atoms with Crippen molar-refractivity contribution in [3.05, 3.63) is 29.3 Å². The van der Waals surface area contributed by atoms with Crippen molar-refractivity contribution in [2.75, 3.05) is 6.54 Å². The molecule has 4 heteroatoms. The van der Waals surface area contributed by atoms with Gasteiger partial charge in [0.1, 0.15) is 0 Å². The molecule has 0 unspecified atom stereocenters. The maximum absolute atomic E-state index is 13.4. The van der Waals surface area contributed by atoms with Crippen molar-refractivity contribution in [2.24, 2.45) is 5.73 Å². The molecule has 17 heavy (non-hydrogen) atoms. The first kappa shape index (κ1) is 12.3. The zero-order valence-electron chi connectivity index (χ0n) is 9.68. The Hall–Kier alpha value is -1.16. The smallest absolute Gasteiger partial charge is 0.200 e. The van der Waals surface area contributed by atoms with Gasteiger partial charge in [-0.05, 0) is 18.9 Å². The number of phenols is 1. The van der Waals surface area contributed by atoms with E-state index in [4.69, 9.17) is 5.73 Å². The molecule has 94 valence electrons. The molecule has 0 atom stereocenters. The van der Waals surface area contributed by atoms with Crippen molar-refractivity contribution in [3.8, 4) is 5.75 Å². The van der Waals surface area contributed by atoms with E-state index in [9.17, 15) is 13.9 Å². The normalized spacial score (nSPS) is 19.2. The largest absolute Gasteiger partial charge is 0.505 e. The van der Waals surface area contributed by atoms with Crippen LogP contribution >= 0.6 is 0 Å². The molecule has 1 aliphatic carbocycles. The molecule has 0 amide bonds. The van der Waals surface area contributed by atoms with Crippen LogP contribution in [0.5, 0.6) is 5.75 Å². The van der Waals surface area contributed by atoms with E-state index in [1.165, 1.54) is 6.07 Å². The second-order valence-electron chi connectivity index (χ2n) is 4.80. The van der Waals surface area contributed by atoms with E-state index < -0.39 is 22.8 Å². The van der Waals surface area contributed by atoms with Gasteiger partial charge in [0.25, 0.3) is 0 Å². The summed E-state index contributed by atoms with van der Waals surface area (Å²) in [5.41, 5.74) is 5.87. The third kappa shape index (κ3) is 2.02. The molecule has 0 bridgehead atoms. The first-order chi connectivity index (χ1) is 8.10. The van der Waals surface area contributed by atoms with E-state index in [-0.39, 0.29) is 0 Å². The number of hydrogen-bond donors (Lipinski definition) is 2. The molecule has 0 spiro atoms. The predicted octanol–water partition coefficient (Wildman–Crippen LogP) is 2.83. The van der Waals surface area contributed by atoms with Crippen molar-refractivity contribution < 1.29 is 13.9 Å². The molecule has 3 N–H and O–H groups in total. The average molecular weight is 241 g/mol. The molecule has 0 aromatic heterocycles. The summed E-state index contributed by atoms with van der Waals surface area (Å²) < 4.78 is 26.4. The Morgan fingerprint density at radius 3 is 2.41 bits per heavy atom. The lowest BCUT2D eigenvalue weighted by atomic mass is 9.69. The highest BCUT2D eigenvalue weighted by atomic mass is 19.2. The van der Waals surface area contributed by atoms with Gasteiger partial charge in [0.15, 0.2) is 11.6 Å². The van der Waals surface area contributed by atoms with Gasteiger partial charge < -0.3 is 10.8 Å². The predicted molar refractivity (Wildman–Crippen MR) is 61.8 cm³/mol. The third-order valence-corrected chi connectivity index (χ3v) is 3.84. The van der Waals surface area contributed by atoms with E-state index in [1.807, 2.05) is 0 Å². The van der Waals surface area contributed by atoms with E-state index in [0.29, 0.717) is 12.1 Å². The monoisotopic (exact) mass is 241 g/mol. The van der Waals surface area contributed by atoms with Gasteiger partial charge in [-0.3, -0.25) is 0 Å². The number of benzene rings is 1. The van der Waals surface area contributed by atoms with Gasteiger partial charge in [-0.25, -0.2) is 4.39 Å². The van der Waals surface area contributed by atoms with E-state index in [2.05, 4.69) is 0 Å². The van der Waals surface area contributed by atoms with E-state index >= 15 is 0 Å². The topological polar surface area (TPSA) is 46.2 Å². The summed E-state index contributed by atoms with van der Waals surface area (Å²) in [6.07, 6.45) is 4.79. The molecule has 2 nitrogen and oxygen atoms in total. The van der Waals surface area contributed by atoms with Crippen LogP contribution in [0.2, 0.25) is 0 Å². The third-order valence-electron chi connectivity index (χ3n) is 3.84. The van der Waals surface area contributed by atoms with Gasteiger partial charge in [0.05, 0.1) is 0 Å². The molecule has 0 heterocycles. The van der Waals surface area contributed by atoms with Gasteiger partial charge >= 0.3 is 0 Å². The average Bonchev–Trinajstić information content (AvgIpc) is 2.37. The Kier molecular flexibility index (Phi) is 3.33. The lowest BCUT2D eigenvalue weighted by molar-refractivity contribution is 0.285. The second kappa shape index (κ2) is 4.61. The lowest BCUT2D eigenvalue weighted by Crippen LogP contribution is -2.37. The van der Waals surface area contributed by atoms with E-state index in [1.54, 1.807) is 0 Å². The maximum atomic E-state index is 13.4. The summed E-state index contributed by atoms with van der Waals surface area (Å²) >= 11 is 0. The number of hydrogen-bond acceptors (Lipinski definition) is 2. The minimum absolute atomic E-state index is 0.353. The van der Waals surface area contributed by atoms with Crippen LogP contribution in [0.1, 0.15) is 37.7 Å². The molecule has 0 aliphatic heterocycles. The minimum Gasteiger partial charge on any atom is -0.505 e. The van der Waals surface area contributed by atoms with Crippen molar-refractivity contribution in [1.29, 1.82) is 0 Å². The van der Waals surface area contributed by atoms with Crippen LogP contribution in [0.3, 0.4) is 0 Å². The first-order valence-corrected chi connectivity index (χ1v) is 5.98. The number of phenolic OH excluding ortho intramolecular Hbond substituents is 1. The Morgan fingerprint density at radius 1 is 1.18 bits per heavy atom. The molecule has 1 fully saturated rings. The zero-order valence-corrected chi connectivity index (χ0v) is 9.68. The Morgan fingerprint density at radius 2 is 1.82 bits per heavy atom. The summed E-state index contributed by atoms with van der Waals surface area (Å²) in [5.74, 6) is -2.76. The fraction of sp³-hybridized carbons (Fsp3) is 0.538. The molecular formula is C13H17F2NO. The highest BCUT2D eigenvalue weighted by Crippen LogP contribution is 2.43. The summed E-state index contributed by atoms with van der Waals surface area (Å²) in [6.45, 7) is 0.353. The summed E-state index contributed by atoms with van der Waals surface area (Å²) in [5, 5.41) is 9.76. The number of rotatable bonds is 2. The number of halogens is 2. The summed E-state index contributed by atoms with van der Waals surface area (Å²) in [4.78, 5) is 0. The fourth-order valence-electron chi connectivity index (χ4n) is 2.78. The Bertz CT molecular complexity index is 414. The van der Waals surface area contributed by atoms with E-state index in [0.717, 1.165) is 38.2 Å². The standard InChI is InChI=1S/C13H17F2NO/c14-10-5-4-9(12(17)11(10)15)13(8-16)6-2-1-3-7-13/h4-5,17H,1-3,6-8,16H2. The quantitative estimate of drug-likeness (QED) is 0.836. The molecule has 1 saturated carbocycles. The van der Waals surface area contributed by atoms with Gasteiger partial charge in [0, 0.05) is 17.5 Å². The summed E-state index contributed by atoms with van der Waals surface area (Å²) in [6, 6.07) is 2.53. The lowest BCUT2D eigenvalue weighted by Gasteiger charge is -2.37. The van der Waals surface area contributed by atoms with Gasteiger partial charge in [-0.2, -0.15) is 4.39 Å². The van der Waals surface area contributed by atoms with Crippen LogP contribution in [0.4, 0.5) is 8.78 Å². The molecule has 0 radical (unpaired) electrons. The van der Waals surface area contributed by atoms with Crippen LogP contribution in [0.25, 0.3) is 0 Å². The van der Waals surface area contributed by atoms with Crippen molar-refractivity contribution in [1.82, 2.24) is 0 Å². The van der Waals surface area contributed by atoms with Crippen molar-refractivity contribution in [2.45, 2.75) is 37.5 Å². The number of aromatic hydroxyl groups is 1. The van der Waals surface area contributed by atoms with Crippen LogP contribution in [-0.4, -0.2) is 11.7 Å². The fourth-order valence-corrected chi connectivity index (χ4v) is 2.78. The SMILES string of the molecule is NCC1(c2ccc(F)c(F)c2O)CCCCC1. The molecule has 1 aromatic rings. The minimum atomic E-state index is -1.17. The highest BCUT2D eigenvalue weighted by molar-refractivity contribution is 5.41. The van der Waals surface area contributed by atoms with Gasteiger partial charge in [-0.1, -0.05) is 25.3 Å². The van der Waals surface area contributed by atoms with Crippen LogP contribution in [0.15, 0.2) is 12.1 Å². The van der Waals surface area contributed by atoms with Crippen molar-refractivity contribution in [3.63, 3.8) is 0 Å². The van der Waals surface area contributed by atoms with Crippen LogP contribution in [0, 0.1) is 11.6 Å². The maximum Gasteiger partial charge on any atom is 0.200 e. The Labute approximate surface area is 99.4 Å². The molecule has 1 aliphatic rings. The number of nitrogens with two attached hydrogens (primary N) is 1. The summed E-state index contributed by atoms with van der Waals surface area (Å²) in [7, 11) is 0.